The molecule has 0 aliphatic carbocycles. The van der Waals surface area contributed by atoms with Gasteiger partial charge in [0.1, 0.15) is 5.82 Å². The van der Waals surface area contributed by atoms with E-state index in [9.17, 15) is 22.0 Å². The van der Waals surface area contributed by atoms with Crippen molar-refractivity contribution in [3.8, 4) is 11.8 Å². The van der Waals surface area contributed by atoms with E-state index in [4.69, 9.17) is 17.3 Å². The Bertz CT molecular complexity index is 1320. The van der Waals surface area contributed by atoms with Gasteiger partial charge in [0.05, 0.1) is 21.8 Å². The third-order valence-electron chi connectivity index (χ3n) is 3.46. The van der Waals surface area contributed by atoms with Gasteiger partial charge >= 0.3 is 0 Å². The fraction of sp³-hybridized carbons (Fsp3) is 0. The molecule has 0 saturated carbocycles. The van der Waals surface area contributed by atoms with Crippen molar-refractivity contribution < 1.29 is 17.2 Å². The van der Waals surface area contributed by atoms with Crippen molar-refractivity contribution in [2.75, 3.05) is 10.5 Å². The molecule has 148 valence electrons. The smallest absolute Gasteiger partial charge is 0.268 e. The number of anilines is 2. The van der Waals surface area contributed by atoms with Crippen molar-refractivity contribution in [2.24, 2.45) is 0 Å². The first-order chi connectivity index (χ1) is 13.7. The van der Waals surface area contributed by atoms with Crippen LogP contribution in [-0.2, 0) is 10.0 Å². The second kappa shape index (κ2) is 7.86. The van der Waals surface area contributed by atoms with Crippen molar-refractivity contribution in [2.45, 2.75) is 4.90 Å². The highest BCUT2D eigenvalue weighted by Gasteiger charge is 2.22. The summed E-state index contributed by atoms with van der Waals surface area (Å²) in [5.41, 5.74) is 3.31. The largest absolute Gasteiger partial charge is 0.368 e. The number of rotatable bonds is 3. The Balaban J connectivity index is 2.00. The standard InChI is InChI=1S/C17H10ClF2N5O3S/c18-10-5-14(16(26)22-8-10)29(27,28)25-13-4-3-12(19)11(15(13)20)2-1-9-6-23-17(21)24-7-9/h3-8,25H,(H,22,26)(H2,21,23,24). The van der Waals surface area contributed by atoms with Gasteiger partial charge in [0.15, 0.2) is 10.7 Å². The van der Waals surface area contributed by atoms with E-state index < -0.39 is 43.4 Å². The lowest BCUT2D eigenvalue weighted by Gasteiger charge is -2.10. The molecular weight excluding hydrogens is 428 g/mol. The van der Waals surface area contributed by atoms with Crippen LogP contribution >= 0.6 is 11.6 Å². The molecule has 8 nitrogen and oxygen atoms in total. The second-order valence-corrected chi connectivity index (χ2v) is 7.57. The van der Waals surface area contributed by atoms with Crippen molar-refractivity contribution in [1.29, 1.82) is 0 Å². The van der Waals surface area contributed by atoms with Crippen LogP contribution in [0.1, 0.15) is 11.1 Å². The van der Waals surface area contributed by atoms with Crippen LogP contribution in [0.4, 0.5) is 20.4 Å². The summed E-state index contributed by atoms with van der Waals surface area (Å²) in [4.78, 5) is 20.6. The number of aromatic amines is 1. The van der Waals surface area contributed by atoms with Crippen LogP contribution in [0.15, 0.2) is 46.5 Å². The summed E-state index contributed by atoms with van der Waals surface area (Å²) in [6, 6.07) is 2.58. The van der Waals surface area contributed by atoms with E-state index in [2.05, 4.69) is 26.8 Å². The van der Waals surface area contributed by atoms with Crippen LogP contribution in [0.2, 0.25) is 5.02 Å². The molecule has 0 saturated heterocycles. The summed E-state index contributed by atoms with van der Waals surface area (Å²) in [7, 11) is -4.51. The predicted octanol–water partition coefficient (Wildman–Crippen LogP) is 1.88. The minimum Gasteiger partial charge on any atom is -0.368 e. The number of nitrogens with two attached hydrogens (primary N) is 1. The number of halogens is 3. The number of hydrogen-bond acceptors (Lipinski definition) is 6. The van der Waals surface area contributed by atoms with E-state index in [0.29, 0.717) is 0 Å². The van der Waals surface area contributed by atoms with E-state index in [1.165, 1.54) is 12.4 Å². The SMILES string of the molecule is Nc1ncc(C#Cc2c(F)ccc(NS(=O)(=O)c3cc(Cl)c[nH]c3=O)c2F)cn1. The summed E-state index contributed by atoms with van der Waals surface area (Å²) in [5, 5.41) is -0.0539. The lowest BCUT2D eigenvalue weighted by Crippen LogP contribution is -2.23. The Morgan fingerprint density at radius 2 is 1.86 bits per heavy atom. The minimum absolute atomic E-state index is 0.000294. The Hall–Kier alpha value is -3.49. The Morgan fingerprint density at radius 1 is 1.17 bits per heavy atom. The van der Waals surface area contributed by atoms with Gasteiger partial charge in [-0.2, -0.15) is 0 Å². The zero-order valence-corrected chi connectivity index (χ0v) is 15.8. The first-order valence-electron chi connectivity index (χ1n) is 7.66. The van der Waals surface area contributed by atoms with Gasteiger partial charge in [-0.1, -0.05) is 23.4 Å². The summed E-state index contributed by atoms with van der Waals surface area (Å²) in [5.74, 6) is 2.42. The van der Waals surface area contributed by atoms with Gasteiger partial charge in [0, 0.05) is 18.6 Å². The number of nitrogens with zero attached hydrogens (tertiary/aromatic N) is 2. The quantitative estimate of drug-likeness (QED) is 0.536. The molecule has 2 aromatic heterocycles. The number of H-pyrrole nitrogens is 1. The molecule has 0 radical (unpaired) electrons. The van der Waals surface area contributed by atoms with E-state index in [1.54, 1.807) is 0 Å². The maximum absolute atomic E-state index is 14.7. The summed E-state index contributed by atoms with van der Waals surface area (Å²) < 4.78 is 55.4. The zero-order chi connectivity index (χ0) is 21.2. The van der Waals surface area contributed by atoms with Crippen molar-refractivity contribution in [3.05, 3.63) is 74.9 Å². The van der Waals surface area contributed by atoms with E-state index in [0.717, 1.165) is 24.4 Å². The summed E-state index contributed by atoms with van der Waals surface area (Å²) in [6.07, 6.45) is 3.60. The van der Waals surface area contributed by atoms with Gasteiger partial charge < -0.3 is 10.7 Å². The first-order valence-corrected chi connectivity index (χ1v) is 9.52. The molecule has 0 spiro atoms. The zero-order valence-electron chi connectivity index (χ0n) is 14.2. The second-order valence-electron chi connectivity index (χ2n) is 5.48. The maximum atomic E-state index is 14.7. The molecule has 3 aromatic rings. The average molecular weight is 438 g/mol. The molecule has 0 unspecified atom stereocenters. The molecule has 12 heteroatoms. The fourth-order valence-corrected chi connectivity index (χ4v) is 3.49. The third-order valence-corrected chi connectivity index (χ3v) is 5.05. The predicted molar refractivity (Wildman–Crippen MR) is 102 cm³/mol. The third kappa shape index (κ3) is 4.50. The molecule has 0 aliphatic rings. The van der Waals surface area contributed by atoms with Gasteiger partial charge in [0.25, 0.3) is 15.6 Å². The van der Waals surface area contributed by atoms with Crippen molar-refractivity contribution in [1.82, 2.24) is 15.0 Å². The van der Waals surface area contributed by atoms with Gasteiger partial charge in [0.2, 0.25) is 5.95 Å². The molecule has 0 fully saturated rings. The van der Waals surface area contributed by atoms with Gasteiger partial charge in [-0.25, -0.2) is 27.2 Å². The molecule has 0 amide bonds. The highest BCUT2D eigenvalue weighted by Crippen LogP contribution is 2.23. The van der Waals surface area contributed by atoms with Crippen LogP contribution in [-0.4, -0.2) is 23.4 Å². The lowest BCUT2D eigenvalue weighted by molar-refractivity contribution is 0.577. The molecule has 3 rings (SSSR count). The number of nitrogen functional groups attached to an aromatic ring is 1. The number of aromatic nitrogens is 3. The van der Waals surface area contributed by atoms with Crippen molar-refractivity contribution in [3.63, 3.8) is 0 Å². The average Bonchev–Trinajstić information content (AvgIpc) is 2.67. The van der Waals surface area contributed by atoms with Crippen molar-refractivity contribution >= 4 is 33.3 Å². The van der Waals surface area contributed by atoms with Crippen LogP contribution in [0.25, 0.3) is 0 Å². The Kier molecular flexibility index (Phi) is 5.49. The highest BCUT2D eigenvalue weighted by molar-refractivity contribution is 7.92. The van der Waals surface area contributed by atoms with Crippen LogP contribution in [0, 0.1) is 23.5 Å². The topological polar surface area (TPSA) is 131 Å². The first kappa shape index (κ1) is 20.2. The number of benzene rings is 1. The molecule has 0 bridgehead atoms. The molecule has 4 N–H and O–H groups in total. The lowest BCUT2D eigenvalue weighted by atomic mass is 10.1. The van der Waals surface area contributed by atoms with Crippen LogP contribution < -0.4 is 16.0 Å². The minimum atomic E-state index is -4.51. The van der Waals surface area contributed by atoms with Crippen LogP contribution in [0.5, 0.6) is 0 Å². The molecule has 0 aliphatic heterocycles. The summed E-state index contributed by atoms with van der Waals surface area (Å²) >= 11 is 5.69. The Morgan fingerprint density at radius 3 is 2.55 bits per heavy atom. The maximum Gasteiger partial charge on any atom is 0.268 e. The summed E-state index contributed by atoms with van der Waals surface area (Å²) in [6.45, 7) is 0. The normalized spacial score (nSPS) is 10.9. The number of sulfonamides is 1. The number of nitrogens with one attached hydrogen (secondary N) is 2. The molecule has 1 aromatic carbocycles. The van der Waals surface area contributed by atoms with Crippen LogP contribution in [0.3, 0.4) is 0 Å². The van der Waals surface area contributed by atoms with Gasteiger partial charge in [-0.15, -0.1) is 0 Å². The monoisotopic (exact) mass is 437 g/mol. The molecule has 2 heterocycles. The molecule has 29 heavy (non-hydrogen) atoms. The number of hydrogen-bond donors (Lipinski definition) is 3. The van der Waals surface area contributed by atoms with E-state index in [1.807, 2.05) is 4.72 Å². The highest BCUT2D eigenvalue weighted by atomic mass is 35.5. The van der Waals surface area contributed by atoms with E-state index in [-0.39, 0.29) is 16.5 Å². The van der Waals surface area contributed by atoms with Gasteiger partial charge in [-0.05, 0) is 18.2 Å². The fourth-order valence-electron chi connectivity index (χ4n) is 2.12. The van der Waals surface area contributed by atoms with E-state index >= 15 is 0 Å². The Labute approximate surface area is 167 Å². The molecular formula is C17H10ClF2N5O3S. The number of pyridine rings is 1. The molecule has 0 atom stereocenters. The van der Waals surface area contributed by atoms with Gasteiger partial charge in [-0.3, -0.25) is 9.52 Å².